The Hall–Kier alpha value is -0.930. The van der Waals surface area contributed by atoms with Crippen LogP contribution in [0.25, 0.3) is 0 Å². The van der Waals surface area contributed by atoms with Crippen molar-refractivity contribution in [2.45, 2.75) is 39.2 Å². The Kier molecular flexibility index (Phi) is 7.03. The van der Waals surface area contributed by atoms with Crippen molar-refractivity contribution in [1.29, 1.82) is 0 Å². The SMILES string of the molecule is C=CC=C1/C(=C(\C)Cl)C(OCC)CCC1CCN=O. The molecular formula is C15H22ClNO2. The Morgan fingerprint density at radius 2 is 2.32 bits per heavy atom. The lowest BCUT2D eigenvalue weighted by atomic mass is 9.77. The zero-order chi connectivity index (χ0) is 14.3. The molecule has 3 nitrogen and oxygen atoms in total. The smallest absolute Gasteiger partial charge is 0.0838 e. The monoisotopic (exact) mass is 283 g/mol. The van der Waals surface area contributed by atoms with Gasteiger partial charge in [-0.3, -0.25) is 0 Å². The highest BCUT2D eigenvalue weighted by atomic mass is 35.5. The van der Waals surface area contributed by atoms with Gasteiger partial charge in [0.25, 0.3) is 0 Å². The molecule has 0 aromatic carbocycles. The minimum atomic E-state index is 0.0501. The average molecular weight is 284 g/mol. The molecule has 0 aliphatic heterocycles. The molecule has 2 unspecified atom stereocenters. The first-order chi connectivity index (χ1) is 9.15. The molecule has 4 heteroatoms. The fourth-order valence-corrected chi connectivity index (χ4v) is 2.94. The summed E-state index contributed by atoms with van der Waals surface area (Å²) in [5.41, 5.74) is 2.21. The van der Waals surface area contributed by atoms with E-state index < -0.39 is 0 Å². The van der Waals surface area contributed by atoms with E-state index in [0.29, 0.717) is 19.1 Å². The van der Waals surface area contributed by atoms with E-state index in [4.69, 9.17) is 16.3 Å². The third kappa shape index (κ3) is 4.29. The first kappa shape index (κ1) is 16.1. The fraction of sp³-hybridized carbons (Fsp3) is 0.600. The molecule has 1 aliphatic rings. The van der Waals surface area contributed by atoms with Crippen molar-refractivity contribution in [3.05, 3.63) is 39.8 Å². The molecule has 2 atom stereocenters. The minimum Gasteiger partial charge on any atom is -0.374 e. The van der Waals surface area contributed by atoms with Crippen LogP contribution in [0, 0.1) is 10.8 Å². The van der Waals surface area contributed by atoms with Gasteiger partial charge in [-0.25, -0.2) is 0 Å². The van der Waals surface area contributed by atoms with Gasteiger partial charge in [0, 0.05) is 11.6 Å². The van der Waals surface area contributed by atoms with Crippen LogP contribution < -0.4 is 0 Å². The summed E-state index contributed by atoms with van der Waals surface area (Å²) in [5, 5.41) is 3.73. The van der Waals surface area contributed by atoms with Gasteiger partial charge in [-0.05, 0) is 50.2 Å². The van der Waals surface area contributed by atoms with Crippen molar-refractivity contribution < 1.29 is 4.74 Å². The van der Waals surface area contributed by atoms with E-state index in [1.54, 1.807) is 6.08 Å². The molecule has 0 aromatic heterocycles. The second kappa shape index (κ2) is 8.28. The molecule has 19 heavy (non-hydrogen) atoms. The maximum absolute atomic E-state index is 10.3. The van der Waals surface area contributed by atoms with Gasteiger partial charge in [0.1, 0.15) is 0 Å². The number of ether oxygens (including phenoxy) is 1. The van der Waals surface area contributed by atoms with Gasteiger partial charge in [-0.2, -0.15) is 4.91 Å². The third-order valence-corrected chi connectivity index (χ3v) is 3.66. The molecule has 0 heterocycles. The fourth-order valence-electron chi connectivity index (χ4n) is 2.71. The Morgan fingerprint density at radius 1 is 1.58 bits per heavy atom. The zero-order valence-corrected chi connectivity index (χ0v) is 12.4. The van der Waals surface area contributed by atoms with Gasteiger partial charge in [0.15, 0.2) is 0 Å². The van der Waals surface area contributed by atoms with Crippen LogP contribution in [0.1, 0.15) is 33.1 Å². The summed E-state index contributed by atoms with van der Waals surface area (Å²) in [7, 11) is 0. The van der Waals surface area contributed by atoms with Crippen LogP contribution in [0.3, 0.4) is 0 Å². The van der Waals surface area contributed by atoms with Gasteiger partial charge in [-0.15, -0.1) is 0 Å². The van der Waals surface area contributed by atoms with Crippen LogP contribution in [0.15, 0.2) is 40.1 Å². The second-order valence-corrected chi connectivity index (χ2v) is 5.23. The summed E-state index contributed by atoms with van der Waals surface area (Å²) >= 11 is 6.26. The highest BCUT2D eigenvalue weighted by Gasteiger charge is 2.31. The van der Waals surface area contributed by atoms with Crippen LogP contribution in [0.5, 0.6) is 0 Å². The van der Waals surface area contributed by atoms with E-state index in [0.717, 1.165) is 35.4 Å². The van der Waals surface area contributed by atoms with Crippen molar-refractivity contribution in [3.63, 3.8) is 0 Å². The predicted molar refractivity (Wildman–Crippen MR) is 80.3 cm³/mol. The van der Waals surface area contributed by atoms with E-state index in [9.17, 15) is 4.91 Å². The topological polar surface area (TPSA) is 38.7 Å². The molecular weight excluding hydrogens is 262 g/mol. The highest BCUT2D eigenvalue weighted by molar-refractivity contribution is 6.29. The van der Waals surface area contributed by atoms with Crippen molar-refractivity contribution in [1.82, 2.24) is 0 Å². The number of hydrogen-bond donors (Lipinski definition) is 0. The molecule has 0 saturated heterocycles. The summed E-state index contributed by atoms with van der Waals surface area (Å²) in [6.07, 6.45) is 6.50. The molecule has 0 amide bonds. The second-order valence-electron chi connectivity index (χ2n) is 4.66. The Balaban J connectivity index is 3.05. The number of allylic oxidation sites excluding steroid dienone is 3. The van der Waals surface area contributed by atoms with E-state index in [1.807, 2.05) is 19.9 Å². The number of hydrogen-bond acceptors (Lipinski definition) is 3. The minimum absolute atomic E-state index is 0.0501. The maximum Gasteiger partial charge on any atom is 0.0838 e. The van der Waals surface area contributed by atoms with E-state index in [-0.39, 0.29) is 6.10 Å². The maximum atomic E-state index is 10.3. The quantitative estimate of drug-likeness (QED) is 0.669. The van der Waals surface area contributed by atoms with Crippen molar-refractivity contribution in [2.75, 3.05) is 13.2 Å². The number of halogens is 1. The van der Waals surface area contributed by atoms with Gasteiger partial charge < -0.3 is 4.74 Å². The molecule has 1 rings (SSSR count). The van der Waals surface area contributed by atoms with Crippen molar-refractivity contribution in [3.8, 4) is 0 Å². The van der Waals surface area contributed by atoms with Crippen LogP contribution in [-0.2, 0) is 4.74 Å². The number of rotatable bonds is 6. The van der Waals surface area contributed by atoms with Crippen LogP contribution >= 0.6 is 11.6 Å². The van der Waals surface area contributed by atoms with Crippen LogP contribution in [0.4, 0.5) is 0 Å². The van der Waals surface area contributed by atoms with Crippen molar-refractivity contribution in [2.24, 2.45) is 11.1 Å². The molecule has 1 aliphatic carbocycles. The largest absolute Gasteiger partial charge is 0.374 e. The molecule has 1 fully saturated rings. The Labute approximate surface area is 120 Å². The lowest BCUT2D eigenvalue weighted by Gasteiger charge is -2.34. The Morgan fingerprint density at radius 3 is 2.84 bits per heavy atom. The lowest BCUT2D eigenvalue weighted by molar-refractivity contribution is 0.0706. The molecule has 0 spiro atoms. The first-order valence-corrected chi connectivity index (χ1v) is 7.13. The normalized spacial score (nSPS) is 28.3. The summed E-state index contributed by atoms with van der Waals surface area (Å²) in [6.45, 7) is 8.65. The summed E-state index contributed by atoms with van der Waals surface area (Å²) in [6, 6.07) is 0. The van der Waals surface area contributed by atoms with Crippen LogP contribution in [0.2, 0.25) is 0 Å². The molecule has 0 aromatic rings. The summed E-state index contributed by atoms with van der Waals surface area (Å²) in [4.78, 5) is 10.3. The average Bonchev–Trinajstić information content (AvgIpc) is 2.38. The molecule has 0 N–H and O–H groups in total. The first-order valence-electron chi connectivity index (χ1n) is 6.75. The highest BCUT2D eigenvalue weighted by Crippen LogP contribution is 2.40. The number of nitrogens with zero attached hydrogens (tertiary/aromatic N) is 1. The molecule has 0 bridgehead atoms. The third-order valence-electron chi connectivity index (χ3n) is 3.46. The van der Waals surface area contributed by atoms with Gasteiger partial charge in [0.05, 0.1) is 12.6 Å². The summed E-state index contributed by atoms with van der Waals surface area (Å²) < 4.78 is 5.78. The van der Waals surface area contributed by atoms with Crippen LogP contribution in [-0.4, -0.2) is 19.3 Å². The predicted octanol–water partition coefficient (Wildman–Crippen LogP) is 4.58. The van der Waals surface area contributed by atoms with E-state index >= 15 is 0 Å². The standard InChI is InChI=1S/C15H22ClNO2/c1-4-6-13-12(9-10-17-18)7-8-14(19-5-2)15(13)11(3)16/h4,6,12,14H,1,5,7-10H2,2-3H3/b13-6?,15-11-. The molecule has 0 radical (unpaired) electrons. The summed E-state index contributed by atoms with van der Waals surface area (Å²) in [5.74, 6) is 0.316. The van der Waals surface area contributed by atoms with Gasteiger partial charge in [-0.1, -0.05) is 35.5 Å². The Bertz CT molecular complexity index is 384. The molecule has 106 valence electrons. The lowest BCUT2D eigenvalue weighted by Crippen LogP contribution is -2.28. The van der Waals surface area contributed by atoms with Gasteiger partial charge in [0.2, 0.25) is 0 Å². The number of nitroso groups, excluding NO2 is 1. The van der Waals surface area contributed by atoms with Gasteiger partial charge >= 0.3 is 0 Å². The van der Waals surface area contributed by atoms with Crippen molar-refractivity contribution >= 4 is 11.6 Å². The van der Waals surface area contributed by atoms with E-state index in [2.05, 4.69) is 11.8 Å². The van der Waals surface area contributed by atoms with E-state index in [1.165, 1.54) is 0 Å². The molecule has 1 saturated carbocycles. The zero-order valence-electron chi connectivity index (χ0n) is 11.7.